The SMILES string of the molecule is N#Cc1cn(Cc2csc(-c3ccc(C(F)(F)F)cc3)n2)c2ccccc2c1=O. The number of aromatic nitrogens is 2. The second kappa shape index (κ2) is 7.18. The maximum Gasteiger partial charge on any atom is 0.416 e. The van der Waals surface area contributed by atoms with Crippen molar-refractivity contribution in [1.82, 2.24) is 9.55 Å². The molecule has 0 saturated carbocycles. The van der Waals surface area contributed by atoms with E-state index in [1.807, 2.05) is 11.4 Å². The van der Waals surface area contributed by atoms with Crippen molar-refractivity contribution in [3.63, 3.8) is 0 Å². The van der Waals surface area contributed by atoms with Crippen LogP contribution >= 0.6 is 11.3 Å². The Morgan fingerprint density at radius 2 is 1.83 bits per heavy atom. The molecule has 0 N–H and O–H groups in total. The largest absolute Gasteiger partial charge is 0.416 e. The molecule has 4 rings (SSSR count). The third-order valence-corrected chi connectivity index (χ3v) is 5.39. The number of nitrogens with zero attached hydrogens (tertiary/aromatic N) is 3. The van der Waals surface area contributed by atoms with E-state index in [0.717, 1.165) is 12.1 Å². The number of hydrogen-bond donors (Lipinski definition) is 0. The number of alkyl halides is 3. The van der Waals surface area contributed by atoms with Crippen molar-refractivity contribution < 1.29 is 13.2 Å². The van der Waals surface area contributed by atoms with Crippen molar-refractivity contribution in [3.8, 4) is 16.6 Å². The topological polar surface area (TPSA) is 58.7 Å². The summed E-state index contributed by atoms with van der Waals surface area (Å²) in [7, 11) is 0. The average molecular weight is 411 g/mol. The molecule has 0 unspecified atom stereocenters. The van der Waals surface area contributed by atoms with Crippen LogP contribution in [0.1, 0.15) is 16.8 Å². The summed E-state index contributed by atoms with van der Waals surface area (Å²) in [5, 5.41) is 12.1. The number of hydrogen-bond acceptors (Lipinski definition) is 4. The molecule has 0 amide bonds. The fraction of sp³-hybridized carbons (Fsp3) is 0.0952. The van der Waals surface area contributed by atoms with E-state index in [9.17, 15) is 23.2 Å². The molecular formula is C21H12F3N3OS. The number of halogens is 3. The Bertz CT molecular complexity index is 1300. The zero-order chi connectivity index (χ0) is 20.6. The van der Waals surface area contributed by atoms with Crippen molar-refractivity contribution in [2.75, 3.05) is 0 Å². The van der Waals surface area contributed by atoms with E-state index >= 15 is 0 Å². The quantitative estimate of drug-likeness (QED) is 0.473. The minimum Gasteiger partial charge on any atom is -0.340 e. The van der Waals surface area contributed by atoms with Crippen LogP contribution < -0.4 is 5.43 Å². The van der Waals surface area contributed by atoms with Crippen molar-refractivity contribution >= 4 is 22.2 Å². The fourth-order valence-corrected chi connectivity index (χ4v) is 3.86. The van der Waals surface area contributed by atoms with Gasteiger partial charge >= 0.3 is 6.18 Å². The molecular weight excluding hydrogens is 399 g/mol. The van der Waals surface area contributed by atoms with Crippen molar-refractivity contribution in [3.05, 3.63) is 87.2 Å². The molecule has 0 spiro atoms. The van der Waals surface area contributed by atoms with Gasteiger partial charge in [-0.15, -0.1) is 11.3 Å². The van der Waals surface area contributed by atoms with E-state index in [4.69, 9.17) is 0 Å². The number of fused-ring (bicyclic) bond motifs is 1. The molecule has 0 fully saturated rings. The summed E-state index contributed by atoms with van der Waals surface area (Å²) in [6.07, 6.45) is -2.88. The van der Waals surface area contributed by atoms with Crippen LogP contribution in [0, 0.1) is 11.3 Å². The summed E-state index contributed by atoms with van der Waals surface area (Å²) in [5.74, 6) is 0. The minimum absolute atomic E-state index is 0.0434. The molecule has 8 heteroatoms. The number of thiazole rings is 1. The van der Waals surface area contributed by atoms with Gasteiger partial charge in [0.05, 0.1) is 23.3 Å². The van der Waals surface area contributed by atoms with E-state index in [0.29, 0.717) is 33.7 Å². The lowest BCUT2D eigenvalue weighted by Gasteiger charge is -2.10. The number of para-hydroxylation sites is 1. The summed E-state index contributed by atoms with van der Waals surface area (Å²) >= 11 is 1.32. The van der Waals surface area contributed by atoms with Crippen LogP contribution in [-0.4, -0.2) is 9.55 Å². The van der Waals surface area contributed by atoms with Crippen LogP contribution in [0.15, 0.2) is 64.9 Å². The van der Waals surface area contributed by atoms with Crippen LogP contribution in [0.2, 0.25) is 0 Å². The van der Waals surface area contributed by atoms with Crippen LogP contribution in [0.3, 0.4) is 0 Å². The molecule has 2 aromatic carbocycles. The first-order chi connectivity index (χ1) is 13.9. The minimum atomic E-state index is -4.38. The zero-order valence-corrected chi connectivity index (χ0v) is 15.6. The maximum atomic E-state index is 12.7. The third-order valence-electron chi connectivity index (χ3n) is 4.45. The lowest BCUT2D eigenvalue weighted by molar-refractivity contribution is -0.137. The van der Waals surface area contributed by atoms with Gasteiger partial charge in [0, 0.05) is 22.5 Å². The highest BCUT2D eigenvalue weighted by molar-refractivity contribution is 7.13. The summed E-state index contributed by atoms with van der Waals surface area (Å²) < 4.78 is 40.0. The van der Waals surface area contributed by atoms with Gasteiger partial charge in [0.15, 0.2) is 0 Å². The first kappa shape index (κ1) is 18.9. The van der Waals surface area contributed by atoms with E-state index in [1.54, 1.807) is 28.8 Å². The zero-order valence-electron chi connectivity index (χ0n) is 14.8. The number of rotatable bonds is 3. The molecule has 144 valence electrons. The smallest absolute Gasteiger partial charge is 0.340 e. The molecule has 0 saturated heterocycles. The predicted octanol–water partition coefficient (Wildman–Crippen LogP) is 5.06. The molecule has 4 aromatic rings. The van der Waals surface area contributed by atoms with Gasteiger partial charge in [0.2, 0.25) is 5.43 Å². The van der Waals surface area contributed by atoms with Crippen molar-refractivity contribution in [2.45, 2.75) is 12.7 Å². The Morgan fingerprint density at radius 3 is 2.52 bits per heavy atom. The lowest BCUT2D eigenvalue weighted by atomic mass is 10.1. The van der Waals surface area contributed by atoms with E-state index < -0.39 is 11.7 Å². The molecule has 0 radical (unpaired) electrons. The van der Waals surface area contributed by atoms with E-state index in [1.165, 1.54) is 29.7 Å². The van der Waals surface area contributed by atoms with Gasteiger partial charge in [0.1, 0.15) is 16.6 Å². The average Bonchev–Trinajstić information content (AvgIpc) is 3.18. The second-order valence-electron chi connectivity index (χ2n) is 6.35. The maximum absolute atomic E-state index is 12.7. The van der Waals surface area contributed by atoms with Gasteiger partial charge in [-0.3, -0.25) is 4.79 Å². The first-order valence-corrected chi connectivity index (χ1v) is 9.39. The molecule has 0 atom stereocenters. The van der Waals surface area contributed by atoms with Crippen LogP contribution in [0.5, 0.6) is 0 Å². The van der Waals surface area contributed by atoms with Gasteiger partial charge in [-0.25, -0.2) is 4.98 Å². The van der Waals surface area contributed by atoms with E-state index in [2.05, 4.69) is 4.98 Å². The highest BCUT2D eigenvalue weighted by Crippen LogP contribution is 2.32. The number of nitriles is 1. The normalized spacial score (nSPS) is 11.5. The molecule has 4 nitrogen and oxygen atoms in total. The Balaban J connectivity index is 1.68. The van der Waals surface area contributed by atoms with Crippen LogP contribution in [-0.2, 0) is 12.7 Å². The Kier molecular flexibility index (Phi) is 4.68. The molecule has 29 heavy (non-hydrogen) atoms. The van der Waals surface area contributed by atoms with Gasteiger partial charge in [-0.2, -0.15) is 18.4 Å². The van der Waals surface area contributed by atoms with Gasteiger partial charge in [0.25, 0.3) is 0 Å². The Labute approximate surface area is 167 Å². The highest BCUT2D eigenvalue weighted by atomic mass is 32.1. The second-order valence-corrected chi connectivity index (χ2v) is 7.21. The standard InChI is InChI=1S/C21H12F3N3OS/c22-21(23,24)15-7-5-13(6-8-15)20-26-16(12-29-20)11-27-10-14(9-25)19(28)17-3-1-2-4-18(17)27/h1-8,10,12H,11H2. The van der Waals surface area contributed by atoms with Gasteiger partial charge in [-0.05, 0) is 24.3 Å². The first-order valence-electron chi connectivity index (χ1n) is 8.51. The van der Waals surface area contributed by atoms with Crippen molar-refractivity contribution in [1.29, 1.82) is 5.26 Å². The summed E-state index contributed by atoms with van der Waals surface area (Å²) in [6, 6.07) is 13.8. The molecule has 0 aliphatic rings. The van der Waals surface area contributed by atoms with E-state index in [-0.39, 0.29) is 11.0 Å². The molecule has 2 heterocycles. The van der Waals surface area contributed by atoms with Crippen LogP contribution in [0.4, 0.5) is 13.2 Å². The van der Waals surface area contributed by atoms with Crippen LogP contribution in [0.25, 0.3) is 21.5 Å². The van der Waals surface area contributed by atoms with Gasteiger partial charge < -0.3 is 4.57 Å². The highest BCUT2D eigenvalue weighted by Gasteiger charge is 2.30. The summed E-state index contributed by atoms with van der Waals surface area (Å²) in [5.41, 5.74) is 0.978. The molecule has 0 aliphatic carbocycles. The Hall–Kier alpha value is -3.44. The van der Waals surface area contributed by atoms with Gasteiger partial charge in [-0.1, -0.05) is 24.3 Å². The predicted molar refractivity (Wildman–Crippen MR) is 105 cm³/mol. The van der Waals surface area contributed by atoms with Crippen molar-refractivity contribution in [2.24, 2.45) is 0 Å². The monoisotopic (exact) mass is 411 g/mol. The Morgan fingerprint density at radius 1 is 1.10 bits per heavy atom. The number of benzene rings is 2. The molecule has 2 aromatic heterocycles. The molecule has 0 aliphatic heterocycles. The summed E-state index contributed by atoms with van der Waals surface area (Å²) in [6.45, 7) is 0.326. The summed E-state index contributed by atoms with van der Waals surface area (Å²) in [4.78, 5) is 16.8. The third kappa shape index (κ3) is 3.65. The fourth-order valence-electron chi connectivity index (χ4n) is 3.04. The molecule has 0 bridgehead atoms. The lowest BCUT2D eigenvalue weighted by Crippen LogP contribution is -2.13. The number of pyridine rings is 1.